The van der Waals surface area contributed by atoms with Gasteiger partial charge < -0.3 is 14.4 Å². The summed E-state index contributed by atoms with van der Waals surface area (Å²) in [6, 6.07) is 3.87. The molecule has 0 spiro atoms. The number of rotatable bonds is 5. The van der Waals surface area contributed by atoms with E-state index in [4.69, 9.17) is 9.47 Å². The first kappa shape index (κ1) is 17.9. The first-order valence-corrected chi connectivity index (χ1v) is 9.68. The van der Waals surface area contributed by atoms with Gasteiger partial charge in [0, 0.05) is 37.5 Å². The van der Waals surface area contributed by atoms with Crippen molar-refractivity contribution in [2.75, 3.05) is 26.3 Å². The van der Waals surface area contributed by atoms with Crippen molar-refractivity contribution in [1.29, 1.82) is 0 Å². The fourth-order valence-corrected chi connectivity index (χ4v) is 4.51. The highest BCUT2D eigenvalue weighted by Crippen LogP contribution is 2.43. The van der Waals surface area contributed by atoms with Crippen LogP contribution in [0.5, 0.6) is 0 Å². The molecule has 1 saturated carbocycles. The van der Waals surface area contributed by atoms with E-state index in [1.807, 2.05) is 12.1 Å². The summed E-state index contributed by atoms with van der Waals surface area (Å²) < 4.78 is 26.7. The van der Waals surface area contributed by atoms with Crippen molar-refractivity contribution >= 4 is 5.91 Å². The van der Waals surface area contributed by atoms with Crippen molar-refractivity contribution in [3.8, 4) is 0 Å². The average Bonchev–Trinajstić information content (AvgIpc) is 2.66. The predicted octanol–water partition coefficient (Wildman–Crippen LogP) is 2.89. The van der Waals surface area contributed by atoms with Crippen LogP contribution < -0.4 is 0 Å². The van der Waals surface area contributed by atoms with Gasteiger partial charge in [-0.15, -0.1) is 0 Å². The van der Waals surface area contributed by atoms with Crippen molar-refractivity contribution in [2.45, 2.75) is 56.9 Å². The summed E-state index contributed by atoms with van der Waals surface area (Å²) in [5.74, 6) is -0.318. The molecule has 3 fully saturated rings. The molecule has 1 aromatic heterocycles. The van der Waals surface area contributed by atoms with Crippen LogP contribution >= 0.6 is 0 Å². The summed E-state index contributed by atoms with van der Waals surface area (Å²) in [5.41, 5.74) is -0.772. The molecule has 2 atom stereocenters. The van der Waals surface area contributed by atoms with Gasteiger partial charge in [-0.1, -0.05) is 0 Å². The summed E-state index contributed by atoms with van der Waals surface area (Å²) >= 11 is 0. The molecule has 0 bridgehead atoms. The van der Waals surface area contributed by atoms with Crippen LogP contribution in [0.4, 0.5) is 4.39 Å². The molecule has 6 heteroatoms. The minimum absolute atomic E-state index is 0.0923. The van der Waals surface area contributed by atoms with Gasteiger partial charge in [-0.25, -0.2) is 4.39 Å². The first-order valence-electron chi connectivity index (χ1n) is 9.68. The number of nitrogens with zero attached hydrogens (tertiary/aromatic N) is 2. The van der Waals surface area contributed by atoms with E-state index < -0.39 is 5.67 Å². The molecule has 0 radical (unpaired) electrons. The Morgan fingerprint density at radius 1 is 1.31 bits per heavy atom. The number of halogens is 1. The Bertz CT molecular complexity index is 637. The highest BCUT2D eigenvalue weighted by molar-refractivity contribution is 5.86. The molecule has 26 heavy (non-hydrogen) atoms. The van der Waals surface area contributed by atoms with Gasteiger partial charge >= 0.3 is 0 Å². The van der Waals surface area contributed by atoms with Crippen molar-refractivity contribution in [1.82, 2.24) is 9.88 Å². The maximum Gasteiger partial charge on any atom is 0.260 e. The number of fused-ring (bicyclic) bond motifs is 1. The summed E-state index contributed by atoms with van der Waals surface area (Å²) in [4.78, 5) is 18.4. The lowest BCUT2D eigenvalue weighted by Crippen LogP contribution is -2.61. The quantitative estimate of drug-likeness (QED) is 0.808. The van der Waals surface area contributed by atoms with Crippen molar-refractivity contribution in [2.24, 2.45) is 5.41 Å². The molecule has 0 unspecified atom stereocenters. The van der Waals surface area contributed by atoms with E-state index in [0.29, 0.717) is 39.1 Å². The van der Waals surface area contributed by atoms with E-state index in [9.17, 15) is 9.18 Å². The second-order valence-corrected chi connectivity index (χ2v) is 8.01. The van der Waals surface area contributed by atoms with Gasteiger partial charge in [-0.2, -0.15) is 0 Å². The zero-order valence-electron chi connectivity index (χ0n) is 15.2. The summed E-state index contributed by atoms with van der Waals surface area (Å²) in [6.07, 6.45) is 7.82. The first-order chi connectivity index (χ1) is 12.6. The number of alkyl halides is 1. The minimum Gasteiger partial charge on any atom is -0.377 e. The van der Waals surface area contributed by atoms with Crippen LogP contribution in [0, 0.1) is 5.41 Å². The molecule has 5 nitrogen and oxygen atoms in total. The molecule has 1 amide bonds. The molecule has 3 aliphatic rings. The number of hydrogen-bond acceptors (Lipinski definition) is 4. The Kier molecular flexibility index (Phi) is 4.97. The lowest BCUT2D eigenvalue weighted by molar-refractivity contribution is -0.176. The van der Waals surface area contributed by atoms with Crippen LogP contribution in [0.25, 0.3) is 0 Å². The van der Waals surface area contributed by atoms with Gasteiger partial charge in [0.1, 0.15) is 0 Å². The maximum absolute atomic E-state index is 14.6. The van der Waals surface area contributed by atoms with Gasteiger partial charge in [0.25, 0.3) is 5.91 Å². The summed E-state index contributed by atoms with van der Waals surface area (Å²) in [7, 11) is 0. The third kappa shape index (κ3) is 3.37. The normalized spacial score (nSPS) is 30.3. The van der Waals surface area contributed by atoms with Crippen LogP contribution in [-0.4, -0.2) is 53.9 Å². The fraction of sp³-hybridized carbons (Fsp3) is 0.700. The lowest BCUT2D eigenvalue weighted by Gasteiger charge is -2.51. The molecule has 2 aliphatic heterocycles. The molecule has 0 aromatic carbocycles. The van der Waals surface area contributed by atoms with E-state index in [0.717, 1.165) is 37.9 Å². The minimum atomic E-state index is -1.62. The molecule has 1 aliphatic carbocycles. The summed E-state index contributed by atoms with van der Waals surface area (Å²) in [6.45, 7) is 2.93. The number of piperidine rings is 1. The van der Waals surface area contributed by atoms with Crippen LogP contribution in [-0.2, 0) is 20.9 Å². The number of carbonyl (C=O) groups excluding carboxylic acids is 1. The van der Waals surface area contributed by atoms with Crippen LogP contribution in [0.2, 0.25) is 0 Å². The number of likely N-dealkylation sites (tertiary alicyclic amines) is 1. The van der Waals surface area contributed by atoms with Crippen LogP contribution in [0.1, 0.15) is 44.1 Å². The molecule has 4 rings (SSSR count). The fourth-order valence-electron chi connectivity index (χ4n) is 4.51. The summed E-state index contributed by atoms with van der Waals surface area (Å²) in [5, 5.41) is 0. The standard InChI is InChI=1S/C20H27FN2O3/c21-20(7-1-8-20)18(24)23-11-5-17-19(14-23,6-2-12-26-17)15-25-13-16-3-9-22-10-4-16/h3-4,9-10,17H,1-2,5-8,11-15H2/t17-,19-/m0/s1. The third-order valence-electron chi connectivity index (χ3n) is 6.21. The Morgan fingerprint density at radius 2 is 2.12 bits per heavy atom. The Balaban J connectivity index is 1.43. The smallest absolute Gasteiger partial charge is 0.260 e. The second kappa shape index (κ2) is 7.24. The molecule has 3 heterocycles. The van der Waals surface area contributed by atoms with Crippen molar-refractivity contribution < 1.29 is 18.7 Å². The lowest BCUT2D eigenvalue weighted by atomic mass is 9.72. The SMILES string of the molecule is O=C(N1CC[C@@H]2OCCC[C@@]2(COCc2ccncc2)C1)C1(F)CCC1. The molecule has 142 valence electrons. The highest BCUT2D eigenvalue weighted by atomic mass is 19.1. The Labute approximate surface area is 153 Å². The number of hydrogen-bond donors (Lipinski definition) is 0. The molecule has 0 N–H and O–H groups in total. The van der Waals surface area contributed by atoms with E-state index >= 15 is 0 Å². The zero-order valence-corrected chi connectivity index (χ0v) is 15.2. The predicted molar refractivity (Wildman–Crippen MR) is 94.2 cm³/mol. The maximum atomic E-state index is 14.6. The van der Waals surface area contributed by atoms with Gasteiger partial charge in [0.15, 0.2) is 5.67 Å². The monoisotopic (exact) mass is 362 g/mol. The van der Waals surface area contributed by atoms with Gasteiger partial charge in [-0.3, -0.25) is 9.78 Å². The number of carbonyl (C=O) groups is 1. The largest absolute Gasteiger partial charge is 0.377 e. The van der Waals surface area contributed by atoms with E-state index in [-0.39, 0.29) is 17.4 Å². The Hall–Kier alpha value is -1.53. The van der Waals surface area contributed by atoms with Crippen LogP contribution in [0.3, 0.4) is 0 Å². The van der Waals surface area contributed by atoms with E-state index in [2.05, 4.69) is 4.98 Å². The molecular weight excluding hydrogens is 335 g/mol. The number of ether oxygens (including phenoxy) is 2. The number of amides is 1. The van der Waals surface area contributed by atoms with Crippen LogP contribution in [0.15, 0.2) is 24.5 Å². The molecule has 1 aromatic rings. The van der Waals surface area contributed by atoms with Crippen molar-refractivity contribution in [3.05, 3.63) is 30.1 Å². The molecular formula is C20H27FN2O3. The van der Waals surface area contributed by atoms with Crippen molar-refractivity contribution in [3.63, 3.8) is 0 Å². The average molecular weight is 362 g/mol. The number of aromatic nitrogens is 1. The van der Waals surface area contributed by atoms with E-state index in [1.165, 1.54) is 0 Å². The molecule has 2 saturated heterocycles. The number of pyridine rings is 1. The van der Waals surface area contributed by atoms with Gasteiger partial charge in [0.2, 0.25) is 0 Å². The highest BCUT2D eigenvalue weighted by Gasteiger charge is 2.52. The second-order valence-electron chi connectivity index (χ2n) is 8.01. The topological polar surface area (TPSA) is 51.7 Å². The van der Waals surface area contributed by atoms with Gasteiger partial charge in [0.05, 0.1) is 19.3 Å². The zero-order chi connectivity index (χ0) is 18.0. The van der Waals surface area contributed by atoms with E-state index in [1.54, 1.807) is 17.3 Å². The third-order valence-corrected chi connectivity index (χ3v) is 6.21. The van der Waals surface area contributed by atoms with Gasteiger partial charge in [-0.05, 0) is 56.2 Å². The Morgan fingerprint density at radius 3 is 2.85 bits per heavy atom.